The van der Waals surface area contributed by atoms with Gasteiger partial charge in [0.05, 0.1) is 5.75 Å². The third kappa shape index (κ3) is 4.93. The van der Waals surface area contributed by atoms with Crippen molar-refractivity contribution in [3.8, 4) is 11.5 Å². The molecule has 0 spiro atoms. The van der Waals surface area contributed by atoms with Crippen LogP contribution in [-0.2, 0) is 4.79 Å². The van der Waals surface area contributed by atoms with E-state index in [0.717, 1.165) is 18.2 Å². The monoisotopic (exact) mass is 489 g/mol. The summed E-state index contributed by atoms with van der Waals surface area (Å²) in [5.74, 6) is 1.18. The molecule has 11 heteroatoms. The van der Waals surface area contributed by atoms with Crippen molar-refractivity contribution in [2.24, 2.45) is 0 Å². The molecule has 3 aromatic rings. The molecule has 176 valence electrons. The molecule has 1 N–H and O–H groups in total. The number of thioether (sulfide) groups is 1. The third-order valence-electron chi connectivity index (χ3n) is 5.13. The molecular weight excluding hydrogens is 462 g/mol. The highest BCUT2D eigenvalue weighted by Crippen LogP contribution is 2.33. The predicted molar refractivity (Wildman–Crippen MR) is 132 cm³/mol. The number of carbonyl (C=O) groups excluding carboxylic acids is 1. The number of anilines is 2. The lowest BCUT2D eigenvalue weighted by atomic mass is 10.2. The van der Waals surface area contributed by atoms with E-state index < -0.39 is 0 Å². The predicted octanol–water partition coefficient (Wildman–Crippen LogP) is 3.78. The number of aromatic nitrogens is 3. The average Bonchev–Trinajstić information content (AvgIpc) is 3.22. The van der Waals surface area contributed by atoms with Crippen LogP contribution in [0.1, 0.15) is 33.7 Å². The second kappa shape index (κ2) is 10.0. The normalized spacial score (nSPS) is 12.9. The molecule has 1 aromatic carbocycles. The van der Waals surface area contributed by atoms with E-state index in [-0.39, 0.29) is 23.3 Å². The SMILES string of the molecule is CCN(CC)c1nc2nc(SCC(=O)Nc3ccc4c(c3)OCCO4)n(C(C)C)c(=O)c2s1. The molecule has 9 nitrogen and oxygen atoms in total. The summed E-state index contributed by atoms with van der Waals surface area (Å²) in [4.78, 5) is 37.2. The minimum atomic E-state index is -0.205. The number of hydrogen-bond acceptors (Lipinski definition) is 9. The molecule has 3 heterocycles. The van der Waals surface area contributed by atoms with Crippen LogP contribution < -0.4 is 25.2 Å². The number of benzene rings is 1. The van der Waals surface area contributed by atoms with Crippen molar-refractivity contribution in [3.63, 3.8) is 0 Å². The summed E-state index contributed by atoms with van der Waals surface area (Å²) in [6.45, 7) is 10.6. The molecule has 4 rings (SSSR count). The lowest BCUT2D eigenvalue weighted by molar-refractivity contribution is -0.113. The highest BCUT2D eigenvalue weighted by Gasteiger charge is 2.20. The van der Waals surface area contributed by atoms with Gasteiger partial charge in [0, 0.05) is 30.9 Å². The quantitative estimate of drug-likeness (QED) is 0.377. The minimum Gasteiger partial charge on any atom is -0.486 e. The number of nitrogens with one attached hydrogen (secondary N) is 1. The largest absolute Gasteiger partial charge is 0.486 e. The van der Waals surface area contributed by atoms with E-state index >= 15 is 0 Å². The number of rotatable bonds is 8. The zero-order valence-corrected chi connectivity index (χ0v) is 20.7. The molecule has 0 radical (unpaired) electrons. The number of carbonyl (C=O) groups is 1. The van der Waals surface area contributed by atoms with Crippen molar-refractivity contribution in [1.82, 2.24) is 14.5 Å². The van der Waals surface area contributed by atoms with Crippen molar-refractivity contribution in [2.75, 3.05) is 42.3 Å². The Bertz CT molecular complexity index is 1220. The number of fused-ring (bicyclic) bond motifs is 2. The number of ether oxygens (including phenoxy) is 2. The van der Waals surface area contributed by atoms with Crippen LogP contribution >= 0.6 is 23.1 Å². The zero-order chi connectivity index (χ0) is 23.5. The van der Waals surface area contributed by atoms with E-state index in [0.29, 0.717) is 45.9 Å². The topological polar surface area (TPSA) is 98.6 Å². The second-order valence-electron chi connectivity index (χ2n) is 7.68. The van der Waals surface area contributed by atoms with Crippen molar-refractivity contribution >= 4 is 50.2 Å². The van der Waals surface area contributed by atoms with Crippen molar-refractivity contribution in [3.05, 3.63) is 28.6 Å². The molecule has 1 aliphatic rings. The lowest BCUT2D eigenvalue weighted by Gasteiger charge is -2.19. The maximum atomic E-state index is 13.2. The Morgan fingerprint density at radius 3 is 2.64 bits per heavy atom. The van der Waals surface area contributed by atoms with Crippen LogP contribution in [0.15, 0.2) is 28.2 Å². The fraction of sp³-hybridized carbons (Fsp3) is 0.455. The molecule has 0 fully saturated rings. The molecule has 0 saturated heterocycles. The Morgan fingerprint density at radius 1 is 1.21 bits per heavy atom. The van der Waals surface area contributed by atoms with Crippen LogP contribution in [0.4, 0.5) is 10.8 Å². The average molecular weight is 490 g/mol. The number of amides is 1. The van der Waals surface area contributed by atoms with Crippen molar-refractivity contribution in [1.29, 1.82) is 0 Å². The Kier molecular flexibility index (Phi) is 7.08. The number of thiazole rings is 1. The Hall–Kier alpha value is -2.79. The molecule has 0 bridgehead atoms. The standard InChI is InChI=1S/C22H27N5O4S2/c1-5-26(6-2)21-24-19-18(33-21)20(29)27(13(3)4)22(25-19)32-12-17(28)23-14-7-8-15-16(11-14)31-10-9-30-15/h7-8,11,13H,5-6,9-10,12H2,1-4H3,(H,23,28). The van der Waals surface area contributed by atoms with Crippen LogP contribution in [0, 0.1) is 0 Å². The van der Waals surface area contributed by atoms with Gasteiger partial charge >= 0.3 is 0 Å². The van der Waals surface area contributed by atoms with Gasteiger partial charge in [-0.05, 0) is 39.8 Å². The fourth-order valence-electron chi connectivity index (χ4n) is 3.49. The molecule has 0 aliphatic carbocycles. The summed E-state index contributed by atoms with van der Waals surface area (Å²) in [7, 11) is 0. The van der Waals surface area contributed by atoms with Crippen LogP contribution in [0.25, 0.3) is 10.3 Å². The van der Waals surface area contributed by atoms with Gasteiger partial charge in [0.25, 0.3) is 5.56 Å². The van der Waals surface area contributed by atoms with Crippen LogP contribution in [0.2, 0.25) is 0 Å². The maximum Gasteiger partial charge on any atom is 0.274 e. The first-order chi connectivity index (χ1) is 15.9. The van der Waals surface area contributed by atoms with Gasteiger partial charge in [-0.15, -0.1) is 0 Å². The number of hydrogen-bond donors (Lipinski definition) is 1. The first-order valence-corrected chi connectivity index (χ1v) is 12.7. The zero-order valence-electron chi connectivity index (χ0n) is 19.1. The van der Waals surface area contributed by atoms with Gasteiger partial charge in [0.2, 0.25) is 5.91 Å². The summed E-state index contributed by atoms with van der Waals surface area (Å²) in [6.07, 6.45) is 0. The van der Waals surface area contributed by atoms with Gasteiger partial charge in [-0.3, -0.25) is 14.2 Å². The summed E-state index contributed by atoms with van der Waals surface area (Å²) in [5, 5.41) is 4.13. The van der Waals surface area contributed by atoms with Crippen LogP contribution in [-0.4, -0.2) is 52.5 Å². The van der Waals surface area contributed by atoms with Gasteiger partial charge in [-0.1, -0.05) is 23.1 Å². The van der Waals surface area contributed by atoms with E-state index in [9.17, 15) is 9.59 Å². The first kappa shape index (κ1) is 23.4. The van der Waals surface area contributed by atoms with E-state index in [1.165, 1.54) is 23.1 Å². The fourth-order valence-corrected chi connectivity index (χ4v) is 5.48. The van der Waals surface area contributed by atoms with Crippen molar-refractivity contribution in [2.45, 2.75) is 38.9 Å². The van der Waals surface area contributed by atoms with Crippen molar-refractivity contribution < 1.29 is 14.3 Å². The molecule has 0 saturated carbocycles. The molecular formula is C22H27N5O4S2. The minimum absolute atomic E-state index is 0.100. The van der Waals surface area contributed by atoms with Crippen LogP contribution in [0.5, 0.6) is 11.5 Å². The molecule has 0 unspecified atom stereocenters. The second-order valence-corrected chi connectivity index (χ2v) is 9.60. The van der Waals surface area contributed by atoms with Gasteiger partial charge in [0.1, 0.15) is 17.9 Å². The molecule has 1 amide bonds. The Balaban J connectivity index is 1.54. The summed E-state index contributed by atoms with van der Waals surface area (Å²) < 4.78 is 13.2. The Morgan fingerprint density at radius 2 is 1.94 bits per heavy atom. The molecule has 1 aliphatic heterocycles. The van der Waals surface area contributed by atoms with Gasteiger partial charge in [-0.2, -0.15) is 4.98 Å². The van der Waals surface area contributed by atoms with Gasteiger partial charge in [0.15, 0.2) is 27.4 Å². The third-order valence-corrected chi connectivity index (χ3v) is 7.17. The van der Waals surface area contributed by atoms with Crippen LogP contribution in [0.3, 0.4) is 0 Å². The summed E-state index contributed by atoms with van der Waals surface area (Å²) >= 11 is 2.59. The smallest absolute Gasteiger partial charge is 0.274 e. The highest BCUT2D eigenvalue weighted by atomic mass is 32.2. The summed E-state index contributed by atoms with van der Waals surface area (Å²) in [5.41, 5.74) is 0.928. The highest BCUT2D eigenvalue weighted by molar-refractivity contribution is 7.99. The molecule has 2 aromatic heterocycles. The lowest BCUT2D eigenvalue weighted by Crippen LogP contribution is -2.25. The molecule has 33 heavy (non-hydrogen) atoms. The number of nitrogens with zero attached hydrogens (tertiary/aromatic N) is 4. The van der Waals surface area contributed by atoms with E-state index in [1.54, 1.807) is 22.8 Å². The maximum absolute atomic E-state index is 13.2. The first-order valence-electron chi connectivity index (χ1n) is 10.9. The van der Waals surface area contributed by atoms with E-state index in [1.807, 2.05) is 13.8 Å². The summed E-state index contributed by atoms with van der Waals surface area (Å²) in [6, 6.07) is 5.19. The Labute approximate surface area is 200 Å². The molecule has 0 atom stereocenters. The van der Waals surface area contributed by atoms with Gasteiger partial charge < -0.3 is 19.7 Å². The van der Waals surface area contributed by atoms with E-state index in [4.69, 9.17) is 9.47 Å². The van der Waals surface area contributed by atoms with E-state index in [2.05, 4.69) is 34.0 Å². The van der Waals surface area contributed by atoms with Gasteiger partial charge in [-0.25, -0.2) is 4.98 Å².